The zero-order valence-electron chi connectivity index (χ0n) is 14.4. The molecule has 2 N–H and O–H groups in total. The summed E-state index contributed by atoms with van der Waals surface area (Å²) in [6.07, 6.45) is 6.89. The van der Waals surface area contributed by atoms with E-state index < -0.39 is 0 Å². The molecule has 3 aromatic heterocycles. The van der Waals surface area contributed by atoms with Gasteiger partial charge in [0.2, 0.25) is 5.91 Å². The van der Waals surface area contributed by atoms with Gasteiger partial charge in [-0.2, -0.15) is 0 Å². The fourth-order valence-corrected chi connectivity index (χ4v) is 3.01. The van der Waals surface area contributed by atoms with Crippen LogP contribution < -0.4 is 10.9 Å². The zero-order chi connectivity index (χ0) is 18.6. The third-order valence-corrected chi connectivity index (χ3v) is 4.27. The van der Waals surface area contributed by atoms with Gasteiger partial charge >= 0.3 is 0 Å². The summed E-state index contributed by atoms with van der Waals surface area (Å²) >= 11 is 0. The molecule has 1 amide bonds. The predicted molar refractivity (Wildman–Crippen MR) is 103 cm³/mol. The van der Waals surface area contributed by atoms with Crippen LogP contribution in [-0.2, 0) is 11.3 Å². The lowest BCUT2D eigenvalue weighted by Crippen LogP contribution is -2.16. The van der Waals surface area contributed by atoms with Crippen molar-refractivity contribution in [1.82, 2.24) is 19.5 Å². The van der Waals surface area contributed by atoms with Crippen molar-refractivity contribution in [3.8, 4) is 11.1 Å². The number of aromatic amines is 1. The van der Waals surface area contributed by atoms with Gasteiger partial charge in [-0.25, -0.2) is 4.98 Å². The van der Waals surface area contributed by atoms with E-state index in [0.29, 0.717) is 17.6 Å². The van der Waals surface area contributed by atoms with Crippen LogP contribution in [0.1, 0.15) is 6.42 Å². The lowest BCUT2D eigenvalue weighted by molar-refractivity contribution is -0.116. The molecule has 134 valence electrons. The number of anilines is 1. The number of amides is 1. The summed E-state index contributed by atoms with van der Waals surface area (Å²) in [5.74, 6) is -0.119. The molecule has 0 atom stereocenters. The molecule has 1 aromatic carbocycles. The van der Waals surface area contributed by atoms with Crippen molar-refractivity contribution in [2.24, 2.45) is 0 Å². The highest BCUT2D eigenvalue weighted by Gasteiger charge is 2.15. The van der Waals surface area contributed by atoms with Crippen LogP contribution >= 0.6 is 0 Å². The van der Waals surface area contributed by atoms with Crippen molar-refractivity contribution >= 4 is 22.6 Å². The second kappa shape index (κ2) is 7.25. The second-order valence-corrected chi connectivity index (χ2v) is 6.07. The van der Waals surface area contributed by atoms with Crippen molar-refractivity contribution in [3.63, 3.8) is 0 Å². The second-order valence-electron chi connectivity index (χ2n) is 6.07. The standard InChI is InChI=1S/C20H17N5O2/c26-17(24-15-6-2-1-3-7-15)8-10-25-12-16(14-5-4-9-21-11-14)18-19(25)20(27)23-13-22-18/h1-7,9,11-13H,8,10H2,(H,24,26)(H,22,23,27). The van der Waals surface area contributed by atoms with E-state index in [4.69, 9.17) is 0 Å². The Hall–Kier alpha value is -3.74. The fourth-order valence-electron chi connectivity index (χ4n) is 3.01. The largest absolute Gasteiger partial charge is 0.341 e. The van der Waals surface area contributed by atoms with E-state index in [1.165, 1.54) is 6.33 Å². The highest BCUT2D eigenvalue weighted by atomic mass is 16.1. The predicted octanol–water partition coefficient (Wildman–Crippen LogP) is 2.82. The Morgan fingerprint density at radius 2 is 2.00 bits per heavy atom. The molecule has 4 aromatic rings. The minimum atomic E-state index is -0.237. The summed E-state index contributed by atoms with van der Waals surface area (Å²) in [4.78, 5) is 35.7. The lowest BCUT2D eigenvalue weighted by Gasteiger charge is -2.06. The van der Waals surface area contributed by atoms with Gasteiger partial charge in [0.15, 0.2) is 0 Å². The first kappa shape index (κ1) is 16.7. The minimum Gasteiger partial charge on any atom is -0.341 e. The Morgan fingerprint density at radius 1 is 1.15 bits per heavy atom. The first-order valence-corrected chi connectivity index (χ1v) is 8.54. The number of benzene rings is 1. The molecule has 0 aliphatic rings. The number of rotatable bonds is 5. The monoisotopic (exact) mass is 359 g/mol. The molecule has 7 nitrogen and oxygen atoms in total. The Morgan fingerprint density at radius 3 is 2.78 bits per heavy atom. The molecule has 3 heterocycles. The number of pyridine rings is 1. The van der Waals surface area contributed by atoms with E-state index in [1.807, 2.05) is 48.7 Å². The average molecular weight is 359 g/mol. The molecule has 0 aliphatic heterocycles. The highest BCUT2D eigenvalue weighted by Crippen LogP contribution is 2.26. The molecule has 0 aliphatic carbocycles. The number of hydrogen-bond acceptors (Lipinski definition) is 4. The van der Waals surface area contributed by atoms with E-state index in [2.05, 4.69) is 20.3 Å². The molecular formula is C20H17N5O2. The number of nitrogens with zero attached hydrogens (tertiary/aromatic N) is 3. The summed E-state index contributed by atoms with van der Waals surface area (Å²) in [6, 6.07) is 13.0. The van der Waals surface area contributed by atoms with Crippen LogP contribution in [0.2, 0.25) is 0 Å². The van der Waals surface area contributed by atoms with Gasteiger partial charge in [0.05, 0.1) is 6.33 Å². The van der Waals surface area contributed by atoms with Gasteiger partial charge in [0.25, 0.3) is 5.56 Å². The van der Waals surface area contributed by atoms with E-state index in [0.717, 1.165) is 16.8 Å². The molecule has 0 fully saturated rings. The van der Waals surface area contributed by atoms with Crippen LogP contribution in [0.3, 0.4) is 0 Å². The first-order chi connectivity index (χ1) is 13.2. The first-order valence-electron chi connectivity index (χ1n) is 8.54. The number of aryl methyl sites for hydroxylation is 1. The molecule has 0 saturated heterocycles. The quantitative estimate of drug-likeness (QED) is 0.573. The number of para-hydroxylation sites is 1. The Kier molecular flexibility index (Phi) is 4.49. The van der Waals surface area contributed by atoms with E-state index in [9.17, 15) is 9.59 Å². The lowest BCUT2D eigenvalue weighted by atomic mass is 10.1. The Labute approximate surface area is 154 Å². The minimum absolute atomic E-state index is 0.119. The summed E-state index contributed by atoms with van der Waals surface area (Å²) in [6.45, 7) is 0.365. The Balaban J connectivity index is 1.62. The van der Waals surface area contributed by atoms with Crippen LogP contribution in [0, 0.1) is 0 Å². The number of H-pyrrole nitrogens is 1. The smallest absolute Gasteiger partial charge is 0.275 e. The van der Waals surface area contributed by atoms with Gasteiger partial charge in [-0.3, -0.25) is 14.6 Å². The normalized spacial score (nSPS) is 10.8. The SMILES string of the molecule is O=C(CCn1cc(-c2cccnc2)c2nc[nH]c(=O)c21)Nc1ccccc1. The van der Waals surface area contributed by atoms with Crippen molar-refractivity contribution in [2.75, 3.05) is 5.32 Å². The number of carbonyl (C=O) groups is 1. The van der Waals surface area contributed by atoms with Gasteiger partial charge in [0, 0.05) is 48.4 Å². The number of nitrogens with one attached hydrogen (secondary N) is 2. The molecule has 0 saturated carbocycles. The molecule has 0 unspecified atom stereocenters. The van der Waals surface area contributed by atoms with Crippen LogP contribution in [0.15, 0.2) is 72.2 Å². The van der Waals surface area contributed by atoms with Crippen LogP contribution in [0.25, 0.3) is 22.2 Å². The highest BCUT2D eigenvalue weighted by molar-refractivity contribution is 5.93. The molecule has 27 heavy (non-hydrogen) atoms. The summed E-state index contributed by atoms with van der Waals surface area (Å²) < 4.78 is 1.77. The average Bonchev–Trinajstić information content (AvgIpc) is 3.08. The van der Waals surface area contributed by atoms with Crippen molar-refractivity contribution in [2.45, 2.75) is 13.0 Å². The van der Waals surface area contributed by atoms with E-state index >= 15 is 0 Å². The maximum Gasteiger partial charge on any atom is 0.275 e. The molecule has 4 rings (SSSR count). The maximum absolute atomic E-state index is 12.3. The van der Waals surface area contributed by atoms with E-state index in [1.54, 1.807) is 17.0 Å². The topological polar surface area (TPSA) is 92.7 Å². The number of carbonyl (C=O) groups excluding carboxylic acids is 1. The molecule has 0 radical (unpaired) electrons. The Bertz CT molecular complexity index is 1130. The van der Waals surface area contributed by atoms with Gasteiger partial charge in [0.1, 0.15) is 11.0 Å². The van der Waals surface area contributed by atoms with Crippen LogP contribution in [-0.4, -0.2) is 25.4 Å². The number of hydrogen-bond donors (Lipinski definition) is 2. The number of fused-ring (bicyclic) bond motifs is 1. The number of aromatic nitrogens is 4. The van der Waals surface area contributed by atoms with Gasteiger partial charge in [-0.15, -0.1) is 0 Å². The molecule has 7 heteroatoms. The van der Waals surface area contributed by atoms with Crippen molar-refractivity contribution in [3.05, 3.63) is 77.7 Å². The van der Waals surface area contributed by atoms with Gasteiger partial charge < -0.3 is 14.9 Å². The summed E-state index contributed by atoms with van der Waals surface area (Å²) in [5.41, 5.74) is 3.23. The third-order valence-electron chi connectivity index (χ3n) is 4.27. The van der Waals surface area contributed by atoms with E-state index in [-0.39, 0.29) is 17.9 Å². The summed E-state index contributed by atoms with van der Waals surface area (Å²) in [7, 11) is 0. The molecule has 0 bridgehead atoms. The molecule has 0 spiro atoms. The van der Waals surface area contributed by atoms with Crippen molar-refractivity contribution < 1.29 is 4.79 Å². The third kappa shape index (κ3) is 3.48. The molecular weight excluding hydrogens is 342 g/mol. The van der Waals surface area contributed by atoms with Crippen LogP contribution in [0.4, 0.5) is 5.69 Å². The van der Waals surface area contributed by atoms with Gasteiger partial charge in [-0.1, -0.05) is 24.3 Å². The fraction of sp³-hybridized carbons (Fsp3) is 0.100. The van der Waals surface area contributed by atoms with Crippen molar-refractivity contribution in [1.29, 1.82) is 0 Å². The maximum atomic E-state index is 12.3. The summed E-state index contributed by atoms with van der Waals surface area (Å²) in [5, 5.41) is 2.85. The van der Waals surface area contributed by atoms with Gasteiger partial charge in [-0.05, 0) is 18.2 Å². The zero-order valence-corrected chi connectivity index (χ0v) is 14.4. The van der Waals surface area contributed by atoms with Crippen LogP contribution in [0.5, 0.6) is 0 Å².